The zero-order valence-corrected chi connectivity index (χ0v) is 39.8. The maximum absolute atomic E-state index is 13.3. The number of carboxylic acids is 2. The van der Waals surface area contributed by atoms with Crippen molar-refractivity contribution in [2.75, 3.05) is 35.7 Å². The van der Waals surface area contributed by atoms with Crippen LogP contribution in [0.1, 0.15) is 115 Å². The van der Waals surface area contributed by atoms with E-state index in [0.29, 0.717) is 43.2 Å². The van der Waals surface area contributed by atoms with Crippen molar-refractivity contribution in [1.82, 2.24) is 4.57 Å². The Hall–Kier alpha value is -6.70. The lowest BCUT2D eigenvalue weighted by atomic mass is 9.84. The van der Waals surface area contributed by atoms with Crippen molar-refractivity contribution >= 4 is 51.7 Å². The molecule has 14 heteroatoms. The number of aryl methyl sites for hydroxylation is 1. The molecule has 4 N–H and O–H groups in total. The molecule has 4 aromatic carbocycles. The average Bonchev–Trinajstić information content (AvgIpc) is 4.04. The number of aromatic nitrogens is 1. The van der Waals surface area contributed by atoms with Gasteiger partial charge in [0.2, 0.25) is 25.4 Å². The van der Waals surface area contributed by atoms with E-state index in [1.165, 1.54) is 5.56 Å². The lowest BCUT2D eigenvalue weighted by molar-refractivity contribution is -0.138. The molecular weight excluding hydrogens is 865 g/mol. The van der Waals surface area contributed by atoms with E-state index in [0.717, 1.165) is 82.6 Å². The van der Waals surface area contributed by atoms with Gasteiger partial charge < -0.3 is 49.3 Å². The van der Waals surface area contributed by atoms with Crippen LogP contribution in [0.3, 0.4) is 0 Å². The first-order chi connectivity index (χ1) is 32.3. The van der Waals surface area contributed by atoms with E-state index < -0.39 is 22.8 Å². The summed E-state index contributed by atoms with van der Waals surface area (Å²) in [7, 11) is 0. The van der Waals surface area contributed by atoms with Crippen molar-refractivity contribution in [3.8, 4) is 23.0 Å². The highest BCUT2D eigenvalue weighted by molar-refractivity contribution is 6.03. The van der Waals surface area contributed by atoms with Gasteiger partial charge in [0, 0.05) is 71.0 Å². The average molecular weight is 927 g/mol. The fourth-order valence-corrected chi connectivity index (χ4v) is 10.1. The Morgan fingerprint density at radius 2 is 1.15 bits per heavy atom. The molecule has 5 aliphatic rings. The zero-order valence-electron chi connectivity index (χ0n) is 39.8. The van der Waals surface area contributed by atoms with Crippen LogP contribution in [0.2, 0.25) is 0 Å². The molecule has 2 saturated carbocycles. The number of hydrogen-bond donors (Lipinski definition) is 4. The fourth-order valence-electron chi connectivity index (χ4n) is 10.1. The second kappa shape index (κ2) is 17.7. The van der Waals surface area contributed by atoms with E-state index in [2.05, 4.69) is 79.8 Å². The van der Waals surface area contributed by atoms with Crippen LogP contribution in [0, 0.1) is 5.41 Å². The van der Waals surface area contributed by atoms with Crippen molar-refractivity contribution in [1.29, 1.82) is 0 Å². The highest BCUT2D eigenvalue weighted by atomic mass is 16.7. The first kappa shape index (κ1) is 46.4. The third-order valence-electron chi connectivity index (χ3n) is 14.1. The Bertz CT molecular complexity index is 2790. The number of carboxylic acid groups (broad SMARTS) is 2. The van der Waals surface area contributed by atoms with Gasteiger partial charge in [0.1, 0.15) is 0 Å². The Morgan fingerprint density at radius 1 is 0.632 bits per heavy atom. The highest BCUT2D eigenvalue weighted by Crippen LogP contribution is 2.53. The van der Waals surface area contributed by atoms with Crippen LogP contribution in [0.25, 0.3) is 10.9 Å². The molecule has 1 aromatic heterocycles. The standard InChI is InChI=1S/C27H32N2O5.C27H30N2O5/c2*1-26(2,3)23-14-17-13-19(7-8-20(17)29(23)12-4-5-24(30)31)28-25(32)27(10-11-27)18-6-9-21-22(15-18)34-16-33-21/h6-9,13,15,23H,4-5,10-12,14,16H2,1-3H3,(H,28,32)(H,30,31);6-9,13-15H,4-5,10-12,16H2,1-3H3,(H,28,32)(H,30,31). The minimum absolute atomic E-state index is 0.00926. The van der Waals surface area contributed by atoms with Crippen LogP contribution in [0.5, 0.6) is 23.0 Å². The number of amides is 2. The quantitative estimate of drug-likeness (QED) is 0.0833. The number of carbonyl (C=O) groups excluding carboxylic acids is 2. The molecule has 10 rings (SSSR count). The molecule has 1 atom stereocenters. The van der Waals surface area contributed by atoms with Crippen LogP contribution < -0.4 is 34.5 Å². The number of benzene rings is 4. The molecule has 0 saturated heterocycles. The van der Waals surface area contributed by atoms with Crippen molar-refractivity contribution in [2.45, 2.75) is 128 Å². The van der Waals surface area contributed by atoms with Gasteiger partial charge in [0.15, 0.2) is 23.0 Å². The van der Waals surface area contributed by atoms with Crippen LogP contribution in [-0.4, -0.2) is 64.7 Å². The van der Waals surface area contributed by atoms with Gasteiger partial charge in [-0.05, 0) is 134 Å². The second-order valence-electron chi connectivity index (χ2n) is 21.0. The molecule has 3 aliphatic heterocycles. The summed E-state index contributed by atoms with van der Waals surface area (Å²) in [6.07, 6.45) is 5.58. The normalized spacial score (nSPS) is 17.8. The molecule has 0 bridgehead atoms. The number of aliphatic carboxylic acids is 2. The molecular formula is C54H62N4O10. The topological polar surface area (TPSA) is 178 Å². The Balaban J connectivity index is 0.000000170. The summed E-state index contributed by atoms with van der Waals surface area (Å²) < 4.78 is 24.0. The predicted octanol–water partition coefficient (Wildman–Crippen LogP) is 9.93. The van der Waals surface area contributed by atoms with E-state index in [-0.39, 0.29) is 55.1 Å². The van der Waals surface area contributed by atoms with Crippen LogP contribution >= 0.6 is 0 Å². The maximum Gasteiger partial charge on any atom is 0.303 e. The summed E-state index contributed by atoms with van der Waals surface area (Å²) in [6, 6.07) is 26.0. The number of anilines is 3. The van der Waals surface area contributed by atoms with E-state index >= 15 is 0 Å². The molecule has 68 heavy (non-hydrogen) atoms. The molecule has 2 aliphatic carbocycles. The predicted molar refractivity (Wildman–Crippen MR) is 259 cm³/mol. The number of nitrogens with one attached hydrogen (secondary N) is 2. The minimum Gasteiger partial charge on any atom is -0.481 e. The number of rotatable bonds is 14. The van der Waals surface area contributed by atoms with Crippen LogP contribution in [0.15, 0.2) is 78.9 Å². The Kier molecular flexibility index (Phi) is 12.1. The lowest BCUT2D eigenvalue weighted by Gasteiger charge is -2.37. The van der Waals surface area contributed by atoms with E-state index in [1.54, 1.807) is 0 Å². The van der Waals surface area contributed by atoms with E-state index in [9.17, 15) is 19.2 Å². The number of ether oxygens (including phenoxy) is 4. The van der Waals surface area contributed by atoms with Gasteiger partial charge in [-0.25, -0.2) is 0 Å². The van der Waals surface area contributed by atoms with Gasteiger partial charge in [0.25, 0.3) is 0 Å². The first-order valence-corrected chi connectivity index (χ1v) is 23.7. The maximum atomic E-state index is 13.3. The summed E-state index contributed by atoms with van der Waals surface area (Å²) in [6.45, 7) is 14.9. The molecule has 0 radical (unpaired) electrons. The van der Waals surface area contributed by atoms with Crippen LogP contribution in [0.4, 0.5) is 17.1 Å². The van der Waals surface area contributed by atoms with Gasteiger partial charge in [-0.1, -0.05) is 53.7 Å². The smallest absolute Gasteiger partial charge is 0.303 e. The third-order valence-corrected chi connectivity index (χ3v) is 14.1. The first-order valence-electron chi connectivity index (χ1n) is 23.7. The van der Waals surface area contributed by atoms with Crippen molar-refractivity contribution in [3.05, 3.63) is 101 Å². The van der Waals surface area contributed by atoms with E-state index in [1.807, 2.05) is 60.7 Å². The molecule has 4 heterocycles. The summed E-state index contributed by atoms with van der Waals surface area (Å²) >= 11 is 0. The van der Waals surface area contributed by atoms with E-state index in [4.69, 9.17) is 29.2 Å². The minimum atomic E-state index is -0.782. The third kappa shape index (κ3) is 9.29. The number of fused-ring (bicyclic) bond motifs is 4. The molecule has 1 unspecified atom stereocenters. The van der Waals surface area contributed by atoms with Crippen LogP contribution in [-0.2, 0) is 48.4 Å². The van der Waals surface area contributed by atoms with Gasteiger partial charge in [-0.15, -0.1) is 0 Å². The van der Waals surface area contributed by atoms with Gasteiger partial charge in [0.05, 0.1) is 10.8 Å². The fraction of sp³-hybridized carbons (Fsp3) is 0.444. The SMILES string of the molecule is CC(C)(C)C1Cc2cc(NC(=O)C3(c4ccc5c(c4)OCO5)CC3)ccc2N1CCCC(=O)O.CC(C)(C)c1cc2cc(NC(=O)C3(c4ccc5c(c4)OCO5)CC3)ccc2n1CCCC(=O)O. The highest BCUT2D eigenvalue weighted by Gasteiger charge is 2.53. The lowest BCUT2D eigenvalue weighted by Crippen LogP contribution is -2.42. The molecule has 2 fully saturated rings. The summed E-state index contributed by atoms with van der Waals surface area (Å²) in [4.78, 5) is 51.0. The Labute approximate surface area is 396 Å². The Morgan fingerprint density at radius 3 is 1.66 bits per heavy atom. The largest absolute Gasteiger partial charge is 0.481 e. The molecule has 0 spiro atoms. The molecule has 2 amide bonds. The van der Waals surface area contributed by atoms with Gasteiger partial charge in [-0.3, -0.25) is 19.2 Å². The van der Waals surface area contributed by atoms with Gasteiger partial charge in [-0.2, -0.15) is 0 Å². The number of nitrogens with zero attached hydrogens (tertiary/aromatic N) is 2. The zero-order chi connectivity index (χ0) is 48.2. The number of carbonyl (C=O) groups is 4. The molecule has 5 aromatic rings. The monoisotopic (exact) mass is 926 g/mol. The summed E-state index contributed by atoms with van der Waals surface area (Å²) in [5.74, 6) is 1.28. The van der Waals surface area contributed by atoms with Crippen molar-refractivity contribution in [2.24, 2.45) is 5.41 Å². The summed E-state index contributed by atoms with van der Waals surface area (Å²) in [5, 5.41) is 25.4. The molecule has 358 valence electrons. The summed E-state index contributed by atoms with van der Waals surface area (Å²) in [5.41, 5.74) is 6.91. The second-order valence-corrected chi connectivity index (χ2v) is 21.0. The van der Waals surface area contributed by atoms with Gasteiger partial charge >= 0.3 is 11.9 Å². The van der Waals surface area contributed by atoms with Crippen molar-refractivity contribution < 1.29 is 48.3 Å². The molecule has 14 nitrogen and oxygen atoms in total. The van der Waals surface area contributed by atoms with Crippen molar-refractivity contribution in [3.63, 3.8) is 0 Å². The number of hydrogen-bond acceptors (Lipinski definition) is 9.